The molecule has 164 valence electrons. The molecule has 31 heavy (non-hydrogen) atoms. The Bertz CT molecular complexity index is 1130. The number of aromatic amines is 1. The van der Waals surface area contributed by atoms with Crippen LogP contribution in [0.3, 0.4) is 0 Å². The number of thiazole rings is 1. The lowest BCUT2D eigenvalue weighted by Crippen LogP contribution is -2.39. The lowest BCUT2D eigenvalue weighted by Gasteiger charge is -2.32. The Balaban J connectivity index is 1.39. The molecule has 1 aliphatic heterocycles. The highest BCUT2D eigenvalue weighted by Crippen LogP contribution is 2.28. The van der Waals surface area contributed by atoms with Crippen LogP contribution in [0, 0.1) is 20.8 Å². The molecule has 1 saturated heterocycles. The Morgan fingerprint density at radius 1 is 1.29 bits per heavy atom. The Hall–Kier alpha value is -2.81. The minimum atomic E-state index is -0.164. The van der Waals surface area contributed by atoms with Crippen LogP contribution in [0.15, 0.2) is 22.4 Å². The topological polar surface area (TPSA) is 96.8 Å². The van der Waals surface area contributed by atoms with Gasteiger partial charge in [0.25, 0.3) is 5.56 Å². The molecule has 1 fully saturated rings. The second-order valence-corrected chi connectivity index (χ2v) is 9.20. The molecule has 0 saturated carbocycles. The van der Waals surface area contributed by atoms with E-state index in [1.165, 1.54) is 23.0 Å². The van der Waals surface area contributed by atoms with E-state index in [-0.39, 0.29) is 23.4 Å². The largest absolute Gasteiger partial charge is 0.343 e. The van der Waals surface area contributed by atoms with E-state index in [1.807, 2.05) is 28.8 Å². The van der Waals surface area contributed by atoms with E-state index in [9.17, 15) is 9.59 Å². The zero-order chi connectivity index (χ0) is 22.1. The SMILES string of the molecule is Cc1nn([C@@H](C)CC(=O)N2CCC(c3nc(-c4nccs4)cc(=O)[nH]3)CC2)c(C)c1C. The lowest BCUT2D eigenvalue weighted by atomic mass is 9.95. The van der Waals surface area contributed by atoms with Gasteiger partial charge in [-0.25, -0.2) is 9.97 Å². The quantitative estimate of drug-likeness (QED) is 0.656. The van der Waals surface area contributed by atoms with Crippen LogP contribution >= 0.6 is 11.3 Å². The van der Waals surface area contributed by atoms with Crippen molar-refractivity contribution in [3.8, 4) is 10.7 Å². The summed E-state index contributed by atoms with van der Waals surface area (Å²) in [7, 11) is 0. The van der Waals surface area contributed by atoms with Crippen molar-refractivity contribution in [3.05, 3.63) is 50.8 Å². The second kappa shape index (κ2) is 8.74. The smallest absolute Gasteiger partial charge is 0.251 e. The molecule has 4 heterocycles. The van der Waals surface area contributed by atoms with E-state index < -0.39 is 0 Å². The van der Waals surface area contributed by atoms with Crippen LogP contribution in [-0.4, -0.2) is 48.6 Å². The van der Waals surface area contributed by atoms with Crippen molar-refractivity contribution >= 4 is 17.2 Å². The Morgan fingerprint density at radius 3 is 2.65 bits per heavy atom. The summed E-state index contributed by atoms with van der Waals surface area (Å²) in [5.41, 5.74) is 3.76. The van der Waals surface area contributed by atoms with Crippen molar-refractivity contribution in [2.45, 2.75) is 58.9 Å². The van der Waals surface area contributed by atoms with Crippen LogP contribution in [0.25, 0.3) is 10.7 Å². The molecule has 4 rings (SSSR count). The maximum absolute atomic E-state index is 12.9. The molecule has 0 aromatic carbocycles. The first-order chi connectivity index (χ1) is 14.8. The van der Waals surface area contributed by atoms with Gasteiger partial charge in [-0.15, -0.1) is 11.3 Å². The minimum Gasteiger partial charge on any atom is -0.343 e. The number of nitrogens with one attached hydrogen (secondary N) is 1. The number of likely N-dealkylation sites (tertiary alicyclic amines) is 1. The molecule has 1 amide bonds. The Morgan fingerprint density at radius 2 is 2.03 bits per heavy atom. The molecule has 0 bridgehead atoms. The fraction of sp³-hybridized carbons (Fsp3) is 0.500. The zero-order valence-corrected chi connectivity index (χ0v) is 19.2. The summed E-state index contributed by atoms with van der Waals surface area (Å²) in [6.45, 7) is 9.49. The number of hydrogen-bond acceptors (Lipinski definition) is 6. The van der Waals surface area contributed by atoms with Gasteiger partial charge in [-0.05, 0) is 46.1 Å². The highest BCUT2D eigenvalue weighted by Gasteiger charge is 2.27. The number of aromatic nitrogens is 5. The maximum atomic E-state index is 12.9. The van der Waals surface area contributed by atoms with E-state index in [2.05, 4.69) is 33.9 Å². The molecule has 1 atom stereocenters. The highest BCUT2D eigenvalue weighted by atomic mass is 32.1. The number of hydrogen-bond donors (Lipinski definition) is 1. The second-order valence-electron chi connectivity index (χ2n) is 8.30. The van der Waals surface area contributed by atoms with Crippen molar-refractivity contribution in [3.63, 3.8) is 0 Å². The van der Waals surface area contributed by atoms with E-state index in [1.54, 1.807) is 6.20 Å². The van der Waals surface area contributed by atoms with E-state index in [4.69, 9.17) is 0 Å². The third kappa shape index (κ3) is 4.46. The predicted octanol–water partition coefficient (Wildman–Crippen LogP) is 3.37. The molecule has 3 aromatic heterocycles. The molecule has 9 heteroatoms. The van der Waals surface area contributed by atoms with E-state index in [0.29, 0.717) is 31.0 Å². The number of carbonyl (C=O) groups excluding carboxylic acids is 1. The average Bonchev–Trinajstić information content (AvgIpc) is 3.38. The Labute approximate surface area is 185 Å². The summed E-state index contributed by atoms with van der Waals surface area (Å²) in [5.74, 6) is 0.971. The molecule has 0 aliphatic carbocycles. The van der Waals surface area contributed by atoms with Gasteiger partial charge in [0, 0.05) is 48.8 Å². The number of H-pyrrole nitrogens is 1. The van der Waals surface area contributed by atoms with Gasteiger partial charge >= 0.3 is 0 Å². The summed E-state index contributed by atoms with van der Waals surface area (Å²) in [6, 6.07) is 1.51. The van der Waals surface area contributed by atoms with Crippen molar-refractivity contribution in [1.82, 2.24) is 29.6 Å². The summed E-state index contributed by atoms with van der Waals surface area (Å²) in [4.78, 5) is 38.8. The first kappa shape index (κ1) is 21.4. The van der Waals surface area contributed by atoms with Crippen LogP contribution in [0.5, 0.6) is 0 Å². The maximum Gasteiger partial charge on any atom is 0.251 e. The summed E-state index contributed by atoms with van der Waals surface area (Å²) < 4.78 is 1.97. The number of amides is 1. The van der Waals surface area contributed by atoms with Crippen molar-refractivity contribution in [2.24, 2.45) is 0 Å². The molecule has 8 nitrogen and oxygen atoms in total. The number of piperidine rings is 1. The summed E-state index contributed by atoms with van der Waals surface area (Å²) >= 11 is 1.47. The van der Waals surface area contributed by atoms with Gasteiger partial charge in [-0.3, -0.25) is 14.3 Å². The summed E-state index contributed by atoms with van der Waals surface area (Å²) in [5, 5.41) is 7.21. The number of carbonyl (C=O) groups is 1. The van der Waals surface area contributed by atoms with Gasteiger partial charge in [0.2, 0.25) is 5.91 Å². The van der Waals surface area contributed by atoms with Crippen LogP contribution < -0.4 is 5.56 Å². The van der Waals surface area contributed by atoms with Gasteiger partial charge in [0.15, 0.2) is 0 Å². The van der Waals surface area contributed by atoms with Gasteiger partial charge in [-0.2, -0.15) is 5.10 Å². The number of rotatable bonds is 5. The van der Waals surface area contributed by atoms with Crippen molar-refractivity contribution in [2.75, 3.05) is 13.1 Å². The van der Waals surface area contributed by atoms with Crippen molar-refractivity contribution < 1.29 is 4.79 Å². The van der Waals surface area contributed by atoms with E-state index >= 15 is 0 Å². The fourth-order valence-electron chi connectivity index (χ4n) is 4.17. The standard InChI is InChI=1S/C22H28N6O2S/c1-13(28-16(4)14(2)15(3)26-28)11-20(30)27-8-5-17(6-9-27)21-24-18(12-19(29)25-21)22-23-7-10-31-22/h7,10,12-13,17H,5-6,8-9,11H2,1-4H3,(H,24,25,29)/t13-/m0/s1. The monoisotopic (exact) mass is 440 g/mol. The molecule has 0 radical (unpaired) electrons. The first-order valence-electron chi connectivity index (χ1n) is 10.6. The third-order valence-corrected chi connectivity index (χ3v) is 7.02. The highest BCUT2D eigenvalue weighted by molar-refractivity contribution is 7.13. The normalized spacial score (nSPS) is 15.9. The molecular weight excluding hydrogens is 412 g/mol. The van der Waals surface area contributed by atoms with Crippen LogP contribution in [-0.2, 0) is 4.79 Å². The Kier molecular flexibility index (Phi) is 6.04. The molecule has 3 aromatic rings. The fourth-order valence-corrected chi connectivity index (χ4v) is 4.77. The van der Waals surface area contributed by atoms with Gasteiger partial charge in [0.05, 0.1) is 11.7 Å². The third-order valence-electron chi connectivity index (χ3n) is 6.22. The van der Waals surface area contributed by atoms with Crippen LogP contribution in [0.2, 0.25) is 0 Å². The number of aryl methyl sites for hydroxylation is 1. The number of nitrogens with zero attached hydrogens (tertiary/aromatic N) is 5. The minimum absolute atomic E-state index is 0.0191. The van der Waals surface area contributed by atoms with Gasteiger partial charge < -0.3 is 9.88 Å². The van der Waals surface area contributed by atoms with Crippen molar-refractivity contribution in [1.29, 1.82) is 0 Å². The molecule has 0 unspecified atom stereocenters. The summed E-state index contributed by atoms with van der Waals surface area (Å²) in [6.07, 6.45) is 3.70. The lowest BCUT2D eigenvalue weighted by molar-refractivity contribution is -0.133. The van der Waals surface area contributed by atoms with Crippen LogP contribution in [0.1, 0.15) is 60.9 Å². The van der Waals surface area contributed by atoms with Crippen LogP contribution in [0.4, 0.5) is 0 Å². The zero-order valence-electron chi connectivity index (χ0n) is 18.4. The van der Waals surface area contributed by atoms with Gasteiger partial charge in [0.1, 0.15) is 16.5 Å². The van der Waals surface area contributed by atoms with Gasteiger partial charge in [-0.1, -0.05) is 0 Å². The van der Waals surface area contributed by atoms with E-state index in [0.717, 1.165) is 29.2 Å². The first-order valence-corrected chi connectivity index (χ1v) is 11.5. The average molecular weight is 441 g/mol. The molecule has 1 N–H and O–H groups in total. The molecule has 1 aliphatic rings. The molecular formula is C22H28N6O2S. The predicted molar refractivity (Wildman–Crippen MR) is 120 cm³/mol. The molecule has 0 spiro atoms.